The number of hydrogen-bond donors (Lipinski definition) is 2. The second-order valence-electron chi connectivity index (χ2n) is 4.39. The molecule has 0 radical (unpaired) electrons. The predicted octanol–water partition coefficient (Wildman–Crippen LogP) is 3.49. The quantitative estimate of drug-likeness (QED) is 0.851. The number of amides is 1. The monoisotopic (exact) mass is 290 g/mol. The SMILES string of the molecule is COc1ccc(Cl)cc1C(=O)Nc1ccc(C)cc1N. The van der Waals surface area contributed by atoms with Crippen molar-refractivity contribution in [3.63, 3.8) is 0 Å². The number of carbonyl (C=O) groups excluding carboxylic acids is 1. The summed E-state index contributed by atoms with van der Waals surface area (Å²) in [7, 11) is 1.50. The van der Waals surface area contributed by atoms with Crippen molar-refractivity contribution in [1.82, 2.24) is 0 Å². The molecular formula is C15H15ClN2O2. The molecule has 0 aromatic heterocycles. The van der Waals surface area contributed by atoms with E-state index in [4.69, 9.17) is 22.1 Å². The lowest BCUT2D eigenvalue weighted by molar-refractivity contribution is 0.102. The number of ether oxygens (including phenoxy) is 1. The van der Waals surface area contributed by atoms with E-state index in [0.717, 1.165) is 5.56 Å². The smallest absolute Gasteiger partial charge is 0.259 e. The summed E-state index contributed by atoms with van der Waals surface area (Å²) in [6.45, 7) is 1.93. The molecule has 0 aliphatic heterocycles. The van der Waals surface area contributed by atoms with Crippen molar-refractivity contribution in [3.05, 3.63) is 52.5 Å². The lowest BCUT2D eigenvalue weighted by Gasteiger charge is -2.11. The van der Waals surface area contributed by atoms with Gasteiger partial charge in [-0.15, -0.1) is 0 Å². The number of nitrogens with one attached hydrogen (secondary N) is 1. The van der Waals surface area contributed by atoms with Crippen LogP contribution < -0.4 is 15.8 Å². The highest BCUT2D eigenvalue weighted by molar-refractivity contribution is 6.31. The Hall–Kier alpha value is -2.20. The number of carbonyl (C=O) groups is 1. The van der Waals surface area contributed by atoms with E-state index in [1.165, 1.54) is 7.11 Å². The van der Waals surface area contributed by atoms with Crippen molar-refractivity contribution >= 4 is 28.9 Å². The molecule has 0 saturated heterocycles. The summed E-state index contributed by atoms with van der Waals surface area (Å²) >= 11 is 5.91. The van der Waals surface area contributed by atoms with E-state index in [9.17, 15) is 4.79 Å². The van der Waals surface area contributed by atoms with Crippen LogP contribution in [-0.2, 0) is 0 Å². The molecule has 0 aliphatic carbocycles. The van der Waals surface area contributed by atoms with Crippen molar-refractivity contribution in [1.29, 1.82) is 0 Å². The van der Waals surface area contributed by atoms with Gasteiger partial charge in [0.15, 0.2) is 0 Å². The van der Waals surface area contributed by atoms with E-state index in [-0.39, 0.29) is 5.91 Å². The van der Waals surface area contributed by atoms with Gasteiger partial charge in [-0.1, -0.05) is 17.7 Å². The summed E-state index contributed by atoms with van der Waals surface area (Å²) in [6, 6.07) is 10.3. The summed E-state index contributed by atoms with van der Waals surface area (Å²) in [4.78, 5) is 12.3. The fraction of sp³-hybridized carbons (Fsp3) is 0.133. The van der Waals surface area contributed by atoms with Crippen LogP contribution in [0.2, 0.25) is 5.02 Å². The third-order valence-corrected chi connectivity index (χ3v) is 3.10. The molecule has 2 rings (SSSR count). The molecule has 0 atom stereocenters. The topological polar surface area (TPSA) is 64.3 Å². The normalized spacial score (nSPS) is 10.2. The number of hydrogen-bond acceptors (Lipinski definition) is 3. The number of nitrogens with two attached hydrogens (primary N) is 1. The maximum absolute atomic E-state index is 12.3. The maximum Gasteiger partial charge on any atom is 0.259 e. The largest absolute Gasteiger partial charge is 0.496 e. The molecule has 20 heavy (non-hydrogen) atoms. The summed E-state index contributed by atoms with van der Waals surface area (Å²) in [5.41, 5.74) is 8.34. The molecule has 5 heteroatoms. The van der Waals surface area contributed by atoms with Crippen molar-refractivity contribution in [2.24, 2.45) is 0 Å². The van der Waals surface area contributed by atoms with Crippen LogP contribution in [-0.4, -0.2) is 13.0 Å². The number of rotatable bonds is 3. The van der Waals surface area contributed by atoms with E-state index >= 15 is 0 Å². The second-order valence-corrected chi connectivity index (χ2v) is 4.83. The minimum Gasteiger partial charge on any atom is -0.496 e. The number of aryl methyl sites for hydroxylation is 1. The van der Waals surface area contributed by atoms with Gasteiger partial charge in [-0.25, -0.2) is 0 Å². The third kappa shape index (κ3) is 3.03. The first-order valence-electron chi connectivity index (χ1n) is 6.02. The first kappa shape index (κ1) is 14.2. The molecule has 4 nitrogen and oxygen atoms in total. The predicted molar refractivity (Wildman–Crippen MR) is 81.5 cm³/mol. The van der Waals surface area contributed by atoms with Crippen molar-refractivity contribution < 1.29 is 9.53 Å². The fourth-order valence-corrected chi connectivity index (χ4v) is 2.02. The molecule has 2 aromatic rings. The van der Waals surface area contributed by atoms with Crippen LogP contribution >= 0.6 is 11.6 Å². The highest BCUT2D eigenvalue weighted by Gasteiger charge is 2.14. The fourth-order valence-electron chi connectivity index (χ4n) is 1.84. The molecule has 1 amide bonds. The van der Waals surface area contributed by atoms with E-state index in [1.54, 1.807) is 30.3 Å². The number of methoxy groups -OCH3 is 1. The molecule has 104 valence electrons. The van der Waals surface area contributed by atoms with Crippen LogP contribution in [0.25, 0.3) is 0 Å². The maximum atomic E-state index is 12.3. The first-order valence-corrected chi connectivity index (χ1v) is 6.40. The number of benzene rings is 2. The first-order chi connectivity index (χ1) is 9.51. The molecule has 0 unspecified atom stereocenters. The second kappa shape index (κ2) is 5.84. The van der Waals surface area contributed by atoms with Crippen LogP contribution in [0, 0.1) is 6.92 Å². The van der Waals surface area contributed by atoms with Crippen molar-refractivity contribution in [2.75, 3.05) is 18.2 Å². The number of nitrogen functional groups attached to an aromatic ring is 1. The van der Waals surface area contributed by atoms with Gasteiger partial charge in [0.25, 0.3) is 5.91 Å². The number of anilines is 2. The van der Waals surface area contributed by atoms with Crippen LogP contribution in [0.15, 0.2) is 36.4 Å². The van der Waals surface area contributed by atoms with Gasteiger partial charge in [-0.2, -0.15) is 0 Å². The summed E-state index contributed by atoms with van der Waals surface area (Å²) in [5, 5.41) is 3.22. The Morgan fingerprint density at radius 3 is 2.65 bits per heavy atom. The average molecular weight is 291 g/mol. The highest BCUT2D eigenvalue weighted by Crippen LogP contribution is 2.25. The minimum absolute atomic E-state index is 0.320. The zero-order valence-corrected chi connectivity index (χ0v) is 12.0. The Balaban J connectivity index is 2.30. The standard InChI is InChI=1S/C15H15ClN2O2/c1-9-3-5-13(12(17)7-9)18-15(19)11-8-10(16)4-6-14(11)20-2/h3-8H,17H2,1-2H3,(H,18,19). The lowest BCUT2D eigenvalue weighted by Crippen LogP contribution is -2.14. The Labute approximate surface area is 122 Å². The van der Waals surface area contributed by atoms with Crippen molar-refractivity contribution in [2.45, 2.75) is 6.92 Å². The van der Waals surface area contributed by atoms with Gasteiger partial charge in [-0.3, -0.25) is 4.79 Å². The molecule has 3 N–H and O–H groups in total. The Kier molecular flexibility index (Phi) is 4.15. The Morgan fingerprint density at radius 2 is 2.00 bits per heavy atom. The highest BCUT2D eigenvalue weighted by atomic mass is 35.5. The lowest BCUT2D eigenvalue weighted by atomic mass is 10.1. The van der Waals surface area contributed by atoms with Gasteiger partial charge in [-0.05, 0) is 42.8 Å². The van der Waals surface area contributed by atoms with E-state index in [2.05, 4.69) is 5.32 Å². The average Bonchev–Trinajstić information content (AvgIpc) is 2.41. The molecule has 0 spiro atoms. The summed E-state index contributed by atoms with van der Waals surface area (Å²) < 4.78 is 5.16. The zero-order chi connectivity index (χ0) is 14.7. The van der Waals surface area contributed by atoms with Gasteiger partial charge < -0.3 is 15.8 Å². The Morgan fingerprint density at radius 1 is 1.25 bits per heavy atom. The van der Waals surface area contributed by atoms with Crippen LogP contribution in [0.1, 0.15) is 15.9 Å². The summed E-state index contributed by atoms with van der Waals surface area (Å²) in [5.74, 6) is 0.137. The zero-order valence-electron chi connectivity index (χ0n) is 11.2. The molecule has 0 fully saturated rings. The van der Waals surface area contributed by atoms with E-state index in [1.807, 2.05) is 13.0 Å². The van der Waals surface area contributed by atoms with Crippen molar-refractivity contribution in [3.8, 4) is 5.75 Å². The molecule has 0 aliphatic rings. The Bertz CT molecular complexity index is 656. The molecular weight excluding hydrogens is 276 g/mol. The number of halogens is 1. The van der Waals surface area contributed by atoms with Crippen LogP contribution in [0.3, 0.4) is 0 Å². The van der Waals surface area contributed by atoms with Gasteiger partial charge in [0.1, 0.15) is 5.75 Å². The van der Waals surface area contributed by atoms with Gasteiger partial charge in [0, 0.05) is 5.02 Å². The molecule has 0 heterocycles. The van der Waals surface area contributed by atoms with Crippen LogP contribution in [0.4, 0.5) is 11.4 Å². The van der Waals surface area contributed by atoms with Gasteiger partial charge in [0.05, 0.1) is 24.0 Å². The van der Waals surface area contributed by atoms with Crippen LogP contribution in [0.5, 0.6) is 5.75 Å². The van der Waals surface area contributed by atoms with E-state index in [0.29, 0.717) is 27.7 Å². The molecule has 0 saturated carbocycles. The van der Waals surface area contributed by atoms with Gasteiger partial charge >= 0.3 is 0 Å². The molecule has 0 bridgehead atoms. The van der Waals surface area contributed by atoms with Gasteiger partial charge in [0.2, 0.25) is 0 Å². The minimum atomic E-state index is -0.320. The summed E-state index contributed by atoms with van der Waals surface area (Å²) in [6.07, 6.45) is 0. The van der Waals surface area contributed by atoms with E-state index < -0.39 is 0 Å². The third-order valence-electron chi connectivity index (χ3n) is 2.86. The molecule has 2 aromatic carbocycles.